The number of fused-ring (bicyclic) bond motifs is 1. The van der Waals surface area contributed by atoms with Gasteiger partial charge in [-0.15, -0.1) is 15.3 Å². The molecule has 32 heavy (non-hydrogen) atoms. The molecule has 3 heterocycles. The van der Waals surface area contributed by atoms with Crippen molar-refractivity contribution in [1.29, 1.82) is 0 Å². The van der Waals surface area contributed by atoms with Gasteiger partial charge < -0.3 is 10.1 Å². The number of carbonyl (C=O) groups is 1. The molecule has 3 aromatic heterocycles. The van der Waals surface area contributed by atoms with Crippen molar-refractivity contribution in [2.75, 3.05) is 6.61 Å². The highest BCUT2D eigenvalue weighted by molar-refractivity contribution is 5.76. The summed E-state index contributed by atoms with van der Waals surface area (Å²) in [5.74, 6) is 2.24. The minimum atomic E-state index is 0.00472. The van der Waals surface area contributed by atoms with Crippen LogP contribution >= 0.6 is 0 Å². The lowest BCUT2D eigenvalue weighted by Crippen LogP contribution is -2.23. The zero-order chi connectivity index (χ0) is 22.7. The second-order valence-electron chi connectivity index (χ2n) is 7.62. The summed E-state index contributed by atoms with van der Waals surface area (Å²) in [6.45, 7) is 8.89. The lowest BCUT2D eigenvalue weighted by molar-refractivity contribution is -0.121. The van der Waals surface area contributed by atoms with Crippen molar-refractivity contribution in [2.24, 2.45) is 0 Å². The molecule has 1 aromatic carbocycles. The van der Waals surface area contributed by atoms with Gasteiger partial charge in [-0.3, -0.25) is 4.79 Å². The third-order valence-corrected chi connectivity index (χ3v) is 5.39. The molecule has 0 aliphatic rings. The van der Waals surface area contributed by atoms with Crippen LogP contribution in [-0.4, -0.2) is 42.1 Å². The third-order valence-electron chi connectivity index (χ3n) is 5.39. The Kier molecular flexibility index (Phi) is 6.16. The molecule has 0 radical (unpaired) electrons. The van der Waals surface area contributed by atoms with Crippen molar-refractivity contribution in [3.05, 3.63) is 64.7 Å². The van der Waals surface area contributed by atoms with Crippen LogP contribution in [0.25, 0.3) is 11.5 Å². The fourth-order valence-corrected chi connectivity index (χ4v) is 3.66. The molecule has 4 aromatic rings. The molecular weight excluding hydrogens is 406 g/mol. The van der Waals surface area contributed by atoms with Crippen LogP contribution in [0.3, 0.4) is 0 Å². The summed E-state index contributed by atoms with van der Waals surface area (Å²) >= 11 is 0. The summed E-state index contributed by atoms with van der Waals surface area (Å²) in [6.07, 6.45) is 1.00. The maximum absolute atomic E-state index is 12.4. The van der Waals surface area contributed by atoms with Gasteiger partial charge >= 0.3 is 0 Å². The fraction of sp³-hybridized carbons (Fsp3) is 0.348. The minimum Gasteiger partial charge on any atom is -0.494 e. The standard InChI is InChI=1S/C23H27N7O2/c1-5-32-19-8-6-18(7-9-19)14-24-23(31)13-10-20-15(2)27-29(16(20)3)22-12-11-21-26-25-17(4)30(21)28-22/h6-9,11-12H,5,10,13-14H2,1-4H3,(H,24,31). The molecule has 0 fully saturated rings. The first-order valence-electron chi connectivity index (χ1n) is 10.7. The maximum atomic E-state index is 12.4. The van der Waals surface area contributed by atoms with E-state index in [1.54, 1.807) is 9.20 Å². The molecule has 0 atom stereocenters. The number of aryl methyl sites for hydroxylation is 2. The molecule has 0 unspecified atom stereocenters. The Morgan fingerprint density at radius 3 is 2.56 bits per heavy atom. The van der Waals surface area contributed by atoms with Gasteiger partial charge in [0, 0.05) is 18.7 Å². The van der Waals surface area contributed by atoms with Crippen LogP contribution in [0.1, 0.15) is 41.7 Å². The largest absolute Gasteiger partial charge is 0.494 e. The van der Waals surface area contributed by atoms with E-state index in [2.05, 4.69) is 25.7 Å². The molecule has 0 spiro atoms. The highest BCUT2D eigenvalue weighted by Crippen LogP contribution is 2.19. The zero-order valence-corrected chi connectivity index (χ0v) is 18.8. The number of nitrogens with zero attached hydrogens (tertiary/aromatic N) is 6. The molecule has 0 aliphatic carbocycles. The van der Waals surface area contributed by atoms with Crippen LogP contribution in [0.2, 0.25) is 0 Å². The number of benzene rings is 1. The van der Waals surface area contributed by atoms with Gasteiger partial charge in [0.2, 0.25) is 5.91 Å². The summed E-state index contributed by atoms with van der Waals surface area (Å²) in [5, 5.41) is 20.4. The van der Waals surface area contributed by atoms with E-state index in [0.29, 0.717) is 43.3 Å². The Morgan fingerprint density at radius 1 is 1.03 bits per heavy atom. The van der Waals surface area contributed by atoms with Crippen molar-refractivity contribution in [3.63, 3.8) is 0 Å². The second-order valence-corrected chi connectivity index (χ2v) is 7.62. The van der Waals surface area contributed by atoms with Gasteiger partial charge in [-0.2, -0.15) is 9.61 Å². The molecule has 0 aliphatic heterocycles. The number of amides is 1. The van der Waals surface area contributed by atoms with Gasteiger partial charge in [-0.05, 0) is 69.5 Å². The quantitative estimate of drug-likeness (QED) is 0.459. The van der Waals surface area contributed by atoms with Crippen LogP contribution in [0, 0.1) is 20.8 Å². The van der Waals surface area contributed by atoms with Crippen molar-refractivity contribution in [2.45, 2.75) is 47.1 Å². The molecule has 9 nitrogen and oxygen atoms in total. The van der Waals surface area contributed by atoms with Gasteiger partial charge in [0.1, 0.15) is 5.75 Å². The number of hydrogen-bond acceptors (Lipinski definition) is 6. The normalized spacial score (nSPS) is 11.1. The first-order chi connectivity index (χ1) is 15.5. The smallest absolute Gasteiger partial charge is 0.220 e. The predicted octanol–water partition coefficient (Wildman–Crippen LogP) is 2.88. The summed E-state index contributed by atoms with van der Waals surface area (Å²) in [7, 11) is 0. The van der Waals surface area contributed by atoms with Crippen LogP contribution in [-0.2, 0) is 17.8 Å². The summed E-state index contributed by atoms with van der Waals surface area (Å²) < 4.78 is 8.95. The van der Waals surface area contributed by atoms with Crippen LogP contribution in [0.4, 0.5) is 0 Å². The summed E-state index contributed by atoms with van der Waals surface area (Å²) in [6, 6.07) is 11.5. The van der Waals surface area contributed by atoms with Crippen molar-refractivity contribution >= 4 is 11.6 Å². The third kappa shape index (κ3) is 4.46. The molecule has 1 amide bonds. The molecule has 9 heteroatoms. The van der Waals surface area contributed by atoms with E-state index in [0.717, 1.165) is 28.3 Å². The van der Waals surface area contributed by atoms with Crippen LogP contribution < -0.4 is 10.1 Å². The maximum Gasteiger partial charge on any atom is 0.220 e. The zero-order valence-electron chi connectivity index (χ0n) is 18.8. The summed E-state index contributed by atoms with van der Waals surface area (Å²) in [4.78, 5) is 12.4. The number of aromatic nitrogens is 6. The van der Waals surface area contributed by atoms with Crippen molar-refractivity contribution < 1.29 is 9.53 Å². The minimum absolute atomic E-state index is 0.00472. The number of rotatable bonds is 8. The van der Waals surface area contributed by atoms with Crippen molar-refractivity contribution in [3.8, 4) is 11.6 Å². The van der Waals surface area contributed by atoms with E-state index < -0.39 is 0 Å². The molecule has 4 rings (SSSR count). The average Bonchev–Trinajstić information content (AvgIpc) is 3.30. The van der Waals surface area contributed by atoms with E-state index in [-0.39, 0.29) is 5.91 Å². The Labute approximate surface area is 186 Å². The van der Waals surface area contributed by atoms with Crippen LogP contribution in [0.15, 0.2) is 36.4 Å². The molecule has 166 valence electrons. The van der Waals surface area contributed by atoms with E-state index in [1.807, 2.05) is 64.1 Å². The van der Waals surface area contributed by atoms with E-state index in [4.69, 9.17) is 4.74 Å². The lowest BCUT2D eigenvalue weighted by Gasteiger charge is -2.08. The second kappa shape index (κ2) is 9.17. The van der Waals surface area contributed by atoms with Gasteiger partial charge in [0.15, 0.2) is 17.3 Å². The van der Waals surface area contributed by atoms with E-state index in [1.165, 1.54) is 0 Å². The Morgan fingerprint density at radius 2 is 1.81 bits per heavy atom. The van der Waals surface area contributed by atoms with E-state index in [9.17, 15) is 4.79 Å². The predicted molar refractivity (Wildman–Crippen MR) is 120 cm³/mol. The Hall–Kier alpha value is -3.75. The van der Waals surface area contributed by atoms with Gasteiger partial charge in [-0.25, -0.2) is 4.68 Å². The van der Waals surface area contributed by atoms with Gasteiger partial charge in [0.05, 0.1) is 12.3 Å². The van der Waals surface area contributed by atoms with Crippen molar-refractivity contribution in [1.82, 2.24) is 34.9 Å². The first-order valence-corrected chi connectivity index (χ1v) is 10.7. The topological polar surface area (TPSA) is 99.2 Å². The Balaban J connectivity index is 1.39. The molecule has 1 N–H and O–H groups in total. The fourth-order valence-electron chi connectivity index (χ4n) is 3.66. The molecule has 0 saturated carbocycles. The Bertz CT molecular complexity index is 1240. The average molecular weight is 434 g/mol. The van der Waals surface area contributed by atoms with Crippen LogP contribution in [0.5, 0.6) is 5.75 Å². The number of nitrogens with one attached hydrogen (secondary N) is 1. The number of hydrogen-bond donors (Lipinski definition) is 1. The van der Waals surface area contributed by atoms with Gasteiger partial charge in [0.25, 0.3) is 0 Å². The van der Waals surface area contributed by atoms with E-state index >= 15 is 0 Å². The highest BCUT2D eigenvalue weighted by atomic mass is 16.5. The monoisotopic (exact) mass is 433 g/mol. The highest BCUT2D eigenvalue weighted by Gasteiger charge is 2.16. The number of ether oxygens (including phenoxy) is 1. The lowest BCUT2D eigenvalue weighted by atomic mass is 10.1. The summed E-state index contributed by atoms with van der Waals surface area (Å²) in [5.41, 5.74) is 4.65. The molecular formula is C23H27N7O2. The van der Waals surface area contributed by atoms with Gasteiger partial charge in [-0.1, -0.05) is 12.1 Å². The molecule has 0 bridgehead atoms. The SMILES string of the molecule is CCOc1ccc(CNC(=O)CCc2c(C)nn(-c3ccc4nnc(C)n4n3)c2C)cc1. The number of carbonyl (C=O) groups excluding carboxylic acids is 1. The first kappa shape index (κ1) is 21.5. The molecule has 0 saturated heterocycles.